The Bertz CT molecular complexity index is 1070. The summed E-state index contributed by atoms with van der Waals surface area (Å²) in [7, 11) is 1.68. The minimum absolute atomic E-state index is 0.0949. The molecule has 1 aliphatic rings. The Hall–Kier alpha value is -3.55. The van der Waals surface area contributed by atoms with E-state index >= 15 is 0 Å². The van der Waals surface area contributed by atoms with Crippen LogP contribution < -0.4 is 9.64 Å². The summed E-state index contributed by atoms with van der Waals surface area (Å²) >= 11 is 0. The number of aromatic hydroxyl groups is 1. The van der Waals surface area contributed by atoms with Gasteiger partial charge in [-0.15, -0.1) is 0 Å². The van der Waals surface area contributed by atoms with Gasteiger partial charge in [0.1, 0.15) is 17.2 Å². The quantitative estimate of drug-likeness (QED) is 0.388. The van der Waals surface area contributed by atoms with Gasteiger partial charge in [0.15, 0.2) is 0 Å². The molecule has 1 N–H and O–H groups in total. The number of nitro benzene ring substituents is 1. The van der Waals surface area contributed by atoms with Crippen LogP contribution in [0.1, 0.15) is 32.6 Å². The number of hydrogen-bond acceptors (Lipinski definition) is 6. The van der Waals surface area contributed by atoms with Crippen molar-refractivity contribution in [2.45, 2.75) is 32.6 Å². The van der Waals surface area contributed by atoms with Crippen molar-refractivity contribution < 1.29 is 14.8 Å². The van der Waals surface area contributed by atoms with Gasteiger partial charge in [-0.05, 0) is 49.1 Å². The molecule has 1 saturated heterocycles. The summed E-state index contributed by atoms with van der Waals surface area (Å²) in [5.74, 6) is 1.98. The van der Waals surface area contributed by atoms with E-state index in [1.807, 2.05) is 24.3 Å². The molecule has 0 spiro atoms. The van der Waals surface area contributed by atoms with E-state index in [1.54, 1.807) is 25.2 Å². The molecule has 1 aliphatic heterocycles. The van der Waals surface area contributed by atoms with Crippen molar-refractivity contribution in [2.75, 3.05) is 18.0 Å². The van der Waals surface area contributed by atoms with Crippen LogP contribution in [-0.4, -0.2) is 32.9 Å². The predicted molar refractivity (Wildman–Crippen MR) is 123 cm³/mol. The van der Waals surface area contributed by atoms with Crippen LogP contribution in [0.15, 0.2) is 48.5 Å². The lowest BCUT2D eigenvalue weighted by atomic mass is 9.92. The van der Waals surface area contributed by atoms with Crippen LogP contribution in [-0.2, 0) is 7.05 Å². The normalized spacial score (nSPS) is 14.5. The van der Waals surface area contributed by atoms with Crippen molar-refractivity contribution in [3.05, 3.63) is 58.6 Å². The topological polar surface area (TPSA) is 93.7 Å². The lowest BCUT2D eigenvalue weighted by Crippen LogP contribution is -2.34. The SMILES string of the molecule is CCCC1CCN(c2cc(Oc3ccc(-c4cc(O)n(C)n4)cc3)ccc2[N+](=O)[O-])CC1. The average molecular weight is 437 g/mol. The average Bonchev–Trinajstić information content (AvgIpc) is 3.13. The molecule has 1 fully saturated rings. The number of piperidine rings is 1. The molecule has 0 bridgehead atoms. The molecule has 0 saturated carbocycles. The van der Waals surface area contributed by atoms with Crippen molar-refractivity contribution in [3.8, 4) is 28.6 Å². The number of aryl methyl sites for hydroxylation is 1. The number of anilines is 1. The molecule has 8 nitrogen and oxygen atoms in total. The van der Waals surface area contributed by atoms with E-state index in [1.165, 1.54) is 23.6 Å². The minimum Gasteiger partial charge on any atom is -0.493 e. The molecule has 2 aromatic carbocycles. The summed E-state index contributed by atoms with van der Waals surface area (Å²) in [5.41, 5.74) is 2.24. The third-order valence-corrected chi connectivity index (χ3v) is 6.04. The maximum Gasteiger partial charge on any atom is 0.292 e. The van der Waals surface area contributed by atoms with Gasteiger partial charge in [-0.3, -0.25) is 10.1 Å². The molecule has 0 atom stereocenters. The lowest BCUT2D eigenvalue weighted by Gasteiger charge is -2.33. The highest BCUT2D eigenvalue weighted by atomic mass is 16.6. The summed E-state index contributed by atoms with van der Waals surface area (Å²) in [6.07, 6.45) is 4.50. The Morgan fingerprint density at radius 3 is 2.41 bits per heavy atom. The number of ether oxygens (including phenoxy) is 1. The second-order valence-corrected chi connectivity index (χ2v) is 8.26. The lowest BCUT2D eigenvalue weighted by molar-refractivity contribution is -0.384. The number of aromatic nitrogens is 2. The summed E-state index contributed by atoms with van der Waals surface area (Å²) in [5, 5.41) is 25.6. The van der Waals surface area contributed by atoms with Crippen LogP contribution in [0, 0.1) is 16.0 Å². The van der Waals surface area contributed by atoms with Crippen LogP contribution >= 0.6 is 0 Å². The first-order valence-electron chi connectivity index (χ1n) is 11.0. The third-order valence-electron chi connectivity index (χ3n) is 6.04. The second-order valence-electron chi connectivity index (χ2n) is 8.26. The summed E-state index contributed by atoms with van der Waals surface area (Å²) < 4.78 is 7.41. The zero-order valence-electron chi connectivity index (χ0n) is 18.4. The monoisotopic (exact) mass is 436 g/mol. The van der Waals surface area contributed by atoms with Crippen LogP contribution in [0.5, 0.6) is 17.4 Å². The van der Waals surface area contributed by atoms with Gasteiger partial charge in [0.2, 0.25) is 5.88 Å². The molecular formula is C24H28N4O4. The van der Waals surface area contributed by atoms with Crippen molar-refractivity contribution in [1.29, 1.82) is 0 Å². The molecule has 4 rings (SSSR count). The zero-order valence-corrected chi connectivity index (χ0v) is 18.4. The highest BCUT2D eigenvalue weighted by Gasteiger charge is 2.25. The highest BCUT2D eigenvalue weighted by Crippen LogP contribution is 2.37. The molecule has 2 heterocycles. The van der Waals surface area contributed by atoms with Gasteiger partial charge < -0.3 is 14.7 Å². The molecule has 32 heavy (non-hydrogen) atoms. The van der Waals surface area contributed by atoms with E-state index in [2.05, 4.69) is 16.9 Å². The van der Waals surface area contributed by atoms with E-state index in [-0.39, 0.29) is 16.5 Å². The third kappa shape index (κ3) is 4.69. The van der Waals surface area contributed by atoms with E-state index in [9.17, 15) is 15.2 Å². The van der Waals surface area contributed by atoms with E-state index in [0.717, 1.165) is 31.5 Å². The Morgan fingerprint density at radius 1 is 1.12 bits per heavy atom. The van der Waals surface area contributed by atoms with Gasteiger partial charge in [0.25, 0.3) is 5.69 Å². The van der Waals surface area contributed by atoms with Crippen molar-refractivity contribution in [2.24, 2.45) is 13.0 Å². The van der Waals surface area contributed by atoms with Gasteiger partial charge in [-0.2, -0.15) is 5.10 Å². The van der Waals surface area contributed by atoms with Crippen molar-refractivity contribution >= 4 is 11.4 Å². The largest absolute Gasteiger partial charge is 0.493 e. The van der Waals surface area contributed by atoms with Gasteiger partial charge in [-0.1, -0.05) is 19.8 Å². The number of hydrogen-bond donors (Lipinski definition) is 1. The van der Waals surface area contributed by atoms with E-state index in [4.69, 9.17) is 4.74 Å². The molecule has 1 aromatic heterocycles. The summed E-state index contributed by atoms with van der Waals surface area (Å²) in [6.45, 7) is 3.84. The van der Waals surface area contributed by atoms with Crippen LogP contribution in [0.3, 0.4) is 0 Å². The van der Waals surface area contributed by atoms with E-state index < -0.39 is 0 Å². The van der Waals surface area contributed by atoms with Crippen LogP contribution in [0.25, 0.3) is 11.3 Å². The smallest absolute Gasteiger partial charge is 0.292 e. The molecule has 8 heteroatoms. The molecule has 0 amide bonds. The Balaban J connectivity index is 1.51. The maximum atomic E-state index is 11.6. The molecule has 0 unspecified atom stereocenters. The summed E-state index contributed by atoms with van der Waals surface area (Å²) in [6, 6.07) is 13.9. The predicted octanol–water partition coefficient (Wildman–Crippen LogP) is 5.51. The second kappa shape index (κ2) is 9.30. The van der Waals surface area contributed by atoms with E-state index in [0.29, 0.717) is 28.8 Å². The van der Waals surface area contributed by atoms with Gasteiger partial charge in [-0.25, -0.2) is 4.68 Å². The van der Waals surface area contributed by atoms with Crippen LogP contribution in [0.4, 0.5) is 11.4 Å². The van der Waals surface area contributed by atoms with Crippen molar-refractivity contribution in [3.63, 3.8) is 0 Å². The van der Waals surface area contributed by atoms with Crippen LogP contribution in [0.2, 0.25) is 0 Å². The van der Waals surface area contributed by atoms with Crippen molar-refractivity contribution in [1.82, 2.24) is 9.78 Å². The Morgan fingerprint density at radius 2 is 1.81 bits per heavy atom. The number of rotatable bonds is 7. The maximum absolute atomic E-state index is 11.6. The zero-order chi connectivity index (χ0) is 22.7. The van der Waals surface area contributed by atoms with Gasteiger partial charge >= 0.3 is 0 Å². The fourth-order valence-corrected chi connectivity index (χ4v) is 4.27. The molecular weight excluding hydrogens is 408 g/mol. The minimum atomic E-state index is -0.325. The number of nitrogens with zero attached hydrogens (tertiary/aromatic N) is 4. The fraction of sp³-hybridized carbons (Fsp3) is 0.375. The first kappa shape index (κ1) is 21.7. The standard InChI is InChI=1S/C24H28N4O4/c1-3-4-17-11-13-27(14-12-17)23-15-20(9-10-22(23)28(30)31)32-19-7-5-18(6-8-19)21-16-24(29)26(2)25-21/h5-10,15-17,29H,3-4,11-14H2,1-2H3. The Labute approximate surface area is 187 Å². The van der Waals surface area contributed by atoms with Gasteiger partial charge in [0, 0.05) is 43.9 Å². The summed E-state index contributed by atoms with van der Waals surface area (Å²) in [4.78, 5) is 13.4. The highest BCUT2D eigenvalue weighted by molar-refractivity contribution is 5.66. The van der Waals surface area contributed by atoms with Gasteiger partial charge in [0.05, 0.1) is 10.6 Å². The number of benzene rings is 2. The number of nitro groups is 1. The first-order chi connectivity index (χ1) is 15.4. The molecule has 168 valence electrons. The molecule has 0 aliphatic carbocycles. The Kier molecular flexibility index (Phi) is 6.30. The molecule has 0 radical (unpaired) electrons. The fourth-order valence-electron chi connectivity index (χ4n) is 4.27. The molecule has 3 aromatic rings. The first-order valence-corrected chi connectivity index (χ1v) is 11.0.